The summed E-state index contributed by atoms with van der Waals surface area (Å²) in [4.78, 5) is 11.7. The van der Waals surface area contributed by atoms with Crippen LogP contribution in [0.5, 0.6) is 5.75 Å². The van der Waals surface area contributed by atoms with E-state index in [1.807, 2.05) is 0 Å². The highest BCUT2D eigenvalue weighted by Gasteiger charge is 2.25. The Hall–Kier alpha value is -1.84. The topological polar surface area (TPSA) is 90.9 Å². The number of nitrogens with one attached hydrogen (secondary N) is 1. The lowest BCUT2D eigenvalue weighted by Gasteiger charge is -2.22. The first-order chi connectivity index (χ1) is 14.5. The van der Waals surface area contributed by atoms with Crippen molar-refractivity contribution < 1.29 is 31.8 Å². The third-order valence-corrected chi connectivity index (χ3v) is 6.83. The second kappa shape index (κ2) is 11.2. The minimum atomic E-state index is -3.55. The predicted molar refractivity (Wildman–Crippen MR) is 116 cm³/mol. The molecular formula is C21H29ClFNO6S. The van der Waals surface area contributed by atoms with Gasteiger partial charge in [-0.3, -0.25) is 0 Å². The lowest BCUT2D eigenvalue weighted by molar-refractivity contribution is 0.0531. The molecule has 7 nitrogen and oxygen atoms in total. The van der Waals surface area contributed by atoms with Crippen LogP contribution in [-0.4, -0.2) is 52.2 Å². The first-order valence-corrected chi connectivity index (χ1v) is 12.0. The largest absolute Gasteiger partial charge is 0.489 e. The fourth-order valence-corrected chi connectivity index (χ4v) is 5.22. The monoisotopic (exact) mass is 477 g/mol. The summed E-state index contributed by atoms with van der Waals surface area (Å²) in [7, 11) is -3.55. The van der Waals surface area contributed by atoms with Gasteiger partial charge < -0.3 is 19.5 Å². The zero-order valence-electron chi connectivity index (χ0n) is 18.0. The molecule has 10 heteroatoms. The summed E-state index contributed by atoms with van der Waals surface area (Å²) >= 11 is 6.20. The molecule has 174 valence electrons. The van der Waals surface area contributed by atoms with Crippen molar-refractivity contribution in [3.63, 3.8) is 0 Å². The van der Waals surface area contributed by atoms with Crippen LogP contribution in [0.3, 0.4) is 0 Å². The second-order valence-electron chi connectivity index (χ2n) is 8.34. The smallest absolute Gasteiger partial charge is 0.407 e. The Morgan fingerprint density at radius 2 is 2.00 bits per heavy atom. The molecule has 1 N–H and O–H groups in total. The molecule has 31 heavy (non-hydrogen) atoms. The SMILES string of the molecule is CC(C)(C)OC(=O)NC/C(=C\F)COc1ccc(S(=O)(=O)CC2CCOCC2)c(Cl)c1. The molecule has 1 aromatic rings. The first-order valence-electron chi connectivity index (χ1n) is 9.98. The van der Waals surface area contributed by atoms with Crippen molar-refractivity contribution in [1.29, 1.82) is 0 Å². The van der Waals surface area contributed by atoms with Crippen molar-refractivity contribution in [1.82, 2.24) is 5.32 Å². The third-order valence-electron chi connectivity index (χ3n) is 4.47. The van der Waals surface area contributed by atoms with E-state index >= 15 is 0 Å². The molecule has 1 aliphatic rings. The van der Waals surface area contributed by atoms with E-state index in [1.54, 1.807) is 20.8 Å². The summed E-state index contributed by atoms with van der Waals surface area (Å²) in [6, 6.07) is 4.25. The fraction of sp³-hybridized carbons (Fsp3) is 0.571. The van der Waals surface area contributed by atoms with Gasteiger partial charge in [-0.15, -0.1) is 0 Å². The Morgan fingerprint density at radius 1 is 1.32 bits per heavy atom. The van der Waals surface area contributed by atoms with Gasteiger partial charge in [0, 0.05) is 31.4 Å². The van der Waals surface area contributed by atoms with Crippen LogP contribution in [0, 0.1) is 5.92 Å². The number of alkyl carbamates (subject to hydrolysis) is 1. The molecule has 0 aromatic heterocycles. The van der Waals surface area contributed by atoms with Crippen LogP contribution in [-0.2, 0) is 19.3 Å². The van der Waals surface area contributed by atoms with Gasteiger partial charge in [0.2, 0.25) is 0 Å². The molecule has 0 spiro atoms. The van der Waals surface area contributed by atoms with Crippen LogP contribution >= 0.6 is 11.6 Å². The number of hydrogen-bond donors (Lipinski definition) is 1. The van der Waals surface area contributed by atoms with Crippen molar-refractivity contribution in [2.75, 3.05) is 32.1 Å². The van der Waals surface area contributed by atoms with Gasteiger partial charge in [0.05, 0.1) is 22.0 Å². The number of sulfone groups is 1. The third kappa shape index (κ3) is 8.66. The van der Waals surface area contributed by atoms with Gasteiger partial charge in [0.25, 0.3) is 0 Å². The quantitative estimate of drug-likeness (QED) is 0.600. The van der Waals surface area contributed by atoms with E-state index in [1.165, 1.54) is 18.2 Å². The van der Waals surface area contributed by atoms with Crippen LogP contribution in [0.15, 0.2) is 35.0 Å². The van der Waals surface area contributed by atoms with Crippen molar-refractivity contribution >= 4 is 27.5 Å². The predicted octanol–water partition coefficient (Wildman–Crippen LogP) is 4.30. The second-order valence-corrected chi connectivity index (χ2v) is 10.8. The Balaban J connectivity index is 1.92. The molecule has 1 aromatic carbocycles. The maximum absolute atomic E-state index is 13.1. The molecule has 2 rings (SSSR count). The molecule has 1 saturated heterocycles. The van der Waals surface area contributed by atoms with E-state index < -0.39 is 21.5 Å². The first kappa shape index (κ1) is 25.4. The lowest BCUT2D eigenvalue weighted by atomic mass is 10.0. The molecule has 0 radical (unpaired) electrons. The Kier molecular flexibility index (Phi) is 9.14. The van der Waals surface area contributed by atoms with Gasteiger partial charge in [-0.25, -0.2) is 17.6 Å². The fourth-order valence-electron chi connectivity index (χ4n) is 2.93. The zero-order valence-corrected chi connectivity index (χ0v) is 19.5. The molecule has 0 atom stereocenters. The molecule has 0 aliphatic carbocycles. The molecule has 0 bridgehead atoms. The highest BCUT2D eigenvalue weighted by molar-refractivity contribution is 7.91. The Labute approximate surface area is 187 Å². The molecular weight excluding hydrogens is 449 g/mol. The summed E-state index contributed by atoms with van der Waals surface area (Å²) in [6.07, 6.45) is 1.07. The number of amides is 1. The van der Waals surface area contributed by atoms with Crippen LogP contribution in [0.1, 0.15) is 33.6 Å². The number of carbonyl (C=O) groups is 1. The maximum Gasteiger partial charge on any atom is 0.407 e. The Bertz CT molecular complexity index is 892. The van der Waals surface area contributed by atoms with Crippen LogP contribution in [0.25, 0.3) is 0 Å². The average molecular weight is 478 g/mol. The van der Waals surface area contributed by atoms with Crippen LogP contribution in [0.4, 0.5) is 9.18 Å². The molecule has 1 aliphatic heterocycles. The van der Waals surface area contributed by atoms with Gasteiger partial charge in [0.15, 0.2) is 9.84 Å². The van der Waals surface area contributed by atoms with E-state index in [0.717, 1.165) is 0 Å². The van der Waals surface area contributed by atoms with Crippen LogP contribution in [0.2, 0.25) is 5.02 Å². The number of benzene rings is 1. The average Bonchev–Trinajstić information content (AvgIpc) is 2.67. The normalized spacial score (nSPS) is 16.1. The number of carbonyl (C=O) groups excluding carboxylic acids is 1. The van der Waals surface area contributed by atoms with Crippen LogP contribution < -0.4 is 10.1 Å². The summed E-state index contributed by atoms with van der Waals surface area (Å²) in [5.74, 6) is 0.341. The standard InChI is InChI=1S/C21H29ClFNO6S/c1-21(2,3)30-20(25)24-12-16(11-23)13-29-17-4-5-19(18(22)10-17)31(26,27)14-15-6-8-28-9-7-15/h4-5,10-11,15H,6-9,12-14H2,1-3H3,(H,24,25)/b16-11+. The van der Waals surface area contributed by atoms with Crippen molar-refractivity contribution in [2.45, 2.75) is 44.1 Å². The molecule has 1 heterocycles. The van der Waals surface area contributed by atoms with E-state index in [9.17, 15) is 17.6 Å². The van der Waals surface area contributed by atoms with Gasteiger partial charge in [-0.2, -0.15) is 0 Å². The van der Waals surface area contributed by atoms with Gasteiger partial charge >= 0.3 is 6.09 Å². The van der Waals surface area contributed by atoms with Gasteiger partial charge in [0.1, 0.15) is 18.0 Å². The van der Waals surface area contributed by atoms with Crippen molar-refractivity contribution in [2.24, 2.45) is 5.92 Å². The molecule has 1 fully saturated rings. The Morgan fingerprint density at radius 3 is 2.58 bits per heavy atom. The molecule has 0 saturated carbocycles. The summed E-state index contributed by atoms with van der Waals surface area (Å²) in [5, 5.41) is 2.49. The number of halogens is 2. The van der Waals surface area contributed by atoms with E-state index in [2.05, 4.69) is 5.32 Å². The zero-order chi connectivity index (χ0) is 23.1. The van der Waals surface area contributed by atoms with Gasteiger partial charge in [-0.1, -0.05) is 11.6 Å². The molecule has 1 amide bonds. The summed E-state index contributed by atoms with van der Waals surface area (Å²) in [5.41, 5.74) is -0.498. The lowest BCUT2D eigenvalue weighted by Crippen LogP contribution is -2.34. The summed E-state index contributed by atoms with van der Waals surface area (Å²) in [6.45, 7) is 6.03. The minimum Gasteiger partial charge on any atom is -0.489 e. The van der Waals surface area contributed by atoms with E-state index in [0.29, 0.717) is 32.4 Å². The minimum absolute atomic E-state index is 0.0152. The van der Waals surface area contributed by atoms with E-state index in [-0.39, 0.29) is 46.1 Å². The number of ether oxygens (including phenoxy) is 3. The maximum atomic E-state index is 13.1. The highest BCUT2D eigenvalue weighted by atomic mass is 35.5. The molecule has 0 unspecified atom stereocenters. The number of hydrogen-bond acceptors (Lipinski definition) is 6. The summed E-state index contributed by atoms with van der Waals surface area (Å²) < 4.78 is 54.4. The van der Waals surface area contributed by atoms with Crippen molar-refractivity contribution in [3.05, 3.63) is 35.1 Å². The highest BCUT2D eigenvalue weighted by Crippen LogP contribution is 2.29. The van der Waals surface area contributed by atoms with Gasteiger partial charge in [-0.05, 0) is 51.7 Å². The number of rotatable bonds is 8. The van der Waals surface area contributed by atoms with Crippen molar-refractivity contribution in [3.8, 4) is 5.75 Å². The van der Waals surface area contributed by atoms with E-state index in [4.69, 9.17) is 25.8 Å².